The first-order valence-electron chi connectivity index (χ1n) is 4.44. The Bertz CT molecular complexity index is 310. The number of thiazole rings is 1. The molecule has 78 valence electrons. The van der Waals surface area contributed by atoms with Crippen LogP contribution in [0.4, 0.5) is 0 Å². The van der Waals surface area contributed by atoms with Gasteiger partial charge in [-0.2, -0.15) is 0 Å². The summed E-state index contributed by atoms with van der Waals surface area (Å²) in [6.45, 7) is 6.39. The summed E-state index contributed by atoms with van der Waals surface area (Å²) in [5.41, 5.74) is 2.76. The molecule has 1 aromatic rings. The third-order valence-electron chi connectivity index (χ3n) is 1.43. The van der Waals surface area contributed by atoms with Crippen molar-refractivity contribution in [2.24, 2.45) is 5.92 Å². The van der Waals surface area contributed by atoms with Crippen LogP contribution in [0.3, 0.4) is 0 Å². The third-order valence-corrected chi connectivity index (χ3v) is 2.21. The number of hydrogen-bond donors (Lipinski definition) is 1. The zero-order valence-electron chi connectivity index (χ0n) is 8.53. The second-order valence-electron chi connectivity index (χ2n) is 3.39. The molecule has 0 spiro atoms. The Hall–Kier alpha value is -0.940. The normalized spacial score (nSPS) is 10.6. The number of carbonyl (C=O) groups is 1. The quantitative estimate of drug-likeness (QED) is 0.777. The van der Waals surface area contributed by atoms with Gasteiger partial charge >= 0.3 is 0 Å². The summed E-state index contributed by atoms with van der Waals surface area (Å²) in [7, 11) is 0. The summed E-state index contributed by atoms with van der Waals surface area (Å²) in [6, 6.07) is 0. The van der Waals surface area contributed by atoms with Gasteiger partial charge in [-0.15, -0.1) is 11.3 Å². The standard InChI is InChI=1S/C9H14N2O2S/c1-6(2)4-13-11-9(12)8-5-14-7(3)10-8/h5-6H,4H2,1-3H3,(H,11,12). The molecule has 0 unspecified atom stereocenters. The highest BCUT2D eigenvalue weighted by molar-refractivity contribution is 7.09. The molecule has 0 fully saturated rings. The van der Waals surface area contributed by atoms with E-state index in [9.17, 15) is 4.79 Å². The van der Waals surface area contributed by atoms with Crippen LogP contribution in [0.2, 0.25) is 0 Å². The molecule has 0 saturated heterocycles. The minimum absolute atomic E-state index is 0.282. The van der Waals surface area contributed by atoms with Crippen LogP contribution in [0.1, 0.15) is 29.3 Å². The Kier molecular flexibility index (Phi) is 4.03. The van der Waals surface area contributed by atoms with Crippen molar-refractivity contribution >= 4 is 17.2 Å². The van der Waals surface area contributed by atoms with E-state index in [0.717, 1.165) is 5.01 Å². The lowest BCUT2D eigenvalue weighted by atomic mass is 10.2. The summed E-state index contributed by atoms with van der Waals surface area (Å²) in [6.07, 6.45) is 0. The molecule has 0 bridgehead atoms. The molecule has 0 atom stereocenters. The Balaban J connectivity index is 2.36. The lowest BCUT2D eigenvalue weighted by Crippen LogP contribution is -2.25. The maximum atomic E-state index is 11.3. The van der Waals surface area contributed by atoms with E-state index in [1.165, 1.54) is 11.3 Å². The maximum absolute atomic E-state index is 11.3. The molecule has 0 aliphatic carbocycles. The van der Waals surface area contributed by atoms with Crippen molar-refractivity contribution in [2.75, 3.05) is 6.61 Å². The van der Waals surface area contributed by atoms with Gasteiger partial charge in [0.15, 0.2) is 0 Å². The van der Waals surface area contributed by atoms with Crippen molar-refractivity contribution in [2.45, 2.75) is 20.8 Å². The first kappa shape index (κ1) is 11.1. The summed E-state index contributed by atoms with van der Waals surface area (Å²) in [5.74, 6) is 0.113. The topological polar surface area (TPSA) is 51.2 Å². The van der Waals surface area contributed by atoms with Crippen LogP contribution >= 0.6 is 11.3 Å². The number of nitrogens with one attached hydrogen (secondary N) is 1. The number of nitrogens with zero attached hydrogens (tertiary/aromatic N) is 1. The van der Waals surface area contributed by atoms with Crippen molar-refractivity contribution in [1.29, 1.82) is 0 Å². The van der Waals surface area contributed by atoms with Gasteiger partial charge in [0, 0.05) is 5.38 Å². The zero-order chi connectivity index (χ0) is 10.6. The molecule has 1 N–H and O–H groups in total. The van der Waals surface area contributed by atoms with Gasteiger partial charge in [-0.05, 0) is 12.8 Å². The smallest absolute Gasteiger partial charge is 0.273 e. The van der Waals surface area contributed by atoms with Gasteiger partial charge in [-0.25, -0.2) is 10.5 Å². The molecule has 1 rings (SSSR count). The number of carbonyl (C=O) groups excluding carboxylic acids is 1. The fraction of sp³-hybridized carbons (Fsp3) is 0.556. The monoisotopic (exact) mass is 214 g/mol. The molecule has 0 saturated carbocycles. The van der Waals surface area contributed by atoms with Crippen molar-refractivity contribution in [3.05, 3.63) is 16.1 Å². The zero-order valence-corrected chi connectivity index (χ0v) is 9.35. The maximum Gasteiger partial charge on any atom is 0.294 e. The van der Waals surface area contributed by atoms with Gasteiger partial charge in [-0.1, -0.05) is 13.8 Å². The van der Waals surface area contributed by atoms with Crippen LogP contribution in [0.25, 0.3) is 0 Å². The molecule has 0 aliphatic rings. The average Bonchev–Trinajstić information content (AvgIpc) is 2.51. The molecule has 0 aromatic carbocycles. The SMILES string of the molecule is Cc1nc(C(=O)NOCC(C)C)cs1. The fourth-order valence-electron chi connectivity index (χ4n) is 0.794. The second kappa shape index (κ2) is 5.07. The average molecular weight is 214 g/mol. The van der Waals surface area contributed by atoms with Gasteiger partial charge in [0.25, 0.3) is 5.91 Å². The minimum Gasteiger partial charge on any atom is -0.273 e. The van der Waals surface area contributed by atoms with E-state index in [4.69, 9.17) is 4.84 Å². The molecule has 0 aliphatic heterocycles. The fourth-order valence-corrected chi connectivity index (χ4v) is 1.39. The first-order valence-corrected chi connectivity index (χ1v) is 5.32. The predicted octanol–water partition coefficient (Wildman–Crippen LogP) is 1.77. The summed E-state index contributed by atoms with van der Waals surface area (Å²) < 4.78 is 0. The van der Waals surface area contributed by atoms with Gasteiger partial charge in [0.05, 0.1) is 11.6 Å². The van der Waals surface area contributed by atoms with E-state index in [1.807, 2.05) is 20.8 Å². The highest BCUT2D eigenvalue weighted by Gasteiger charge is 2.08. The lowest BCUT2D eigenvalue weighted by molar-refractivity contribution is 0.0205. The van der Waals surface area contributed by atoms with E-state index < -0.39 is 0 Å². The number of aryl methyl sites for hydroxylation is 1. The van der Waals surface area contributed by atoms with E-state index in [2.05, 4.69) is 10.5 Å². The Morgan fingerprint density at radius 3 is 2.93 bits per heavy atom. The van der Waals surface area contributed by atoms with Crippen LogP contribution in [0, 0.1) is 12.8 Å². The van der Waals surface area contributed by atoms with E-state index in [-0.39, 0.29) is 5.91 Å². The molecule has 1 amide bonds. The summed E-state index contributed by atoms with van der Waals surface area (Å²) >= 11 is 1.44. The number of amides is 1. The molecule has 4 nitrogen and oxygen atoms in total. The van der Waals surface area contributed by atoms with Crippen LogP contribution in [-0.2, 0) is 4.84 Å². The molecule has 5 heteroatoms. The van der Waals surface area contributed by atoms with Crippen LogP contribution < -0.4 is 5.48 Å². The summed E-state index contributed by atoms with van der Waals surface area (Å²) in [4.78, 5) is 20.4. The number of hydroxylamine groups is 1. The van der Waals surface area contributed by atoms with Gasteiger partial charge < -0.3 is 0 Å². The highest BCUT2D eigenvalue weighted by atomic mass is 32.1. The number of hydrogen-bond acceptors (Lipinski definition) is 4. The van der Waals surface area contributed by atoms with Crippen LogP contribution in [-0.4, -0.2) is 17.5 Å². The third kappa shape index (κ3) is 3.43. The molecule has 14 heavy (non-hydrogen) atoms. The Labute approximate surface area is 87.3 Å². The Morgan fingerprint density at radius 1 is 1.71 bits per heavy atom. The van der Waals surface area contributed by atoms with E-state index >= 15 is 0 Å². The summed E-state index contributed by atoms with van der Waals surface area (Å²) in [5, 5.41) is 2.59. The lowest BCUT2D eigenvalue weighted by Gasteiger charge is -2.05. The molecule has 0 radical (unpaired) electrons. The van der Waals surface area contributed by atoms with Gasteiger partial charge in [-0.3, -0.25) is 9.63 Å². The van der Waals surface area contributed by atoms with Gasteiger partial charge in [0.1, 0.15) is 5.69 Å². The Morgan fingerprint density at radius 2 is 2.43 bits per heavy atom. The van der Waals surface area contributed by atoms with Gasteiger partial charge in [0.2, 0.25) is 0 Å². The highest BCUT2D eigenvalue weighted by Crippen LogP contribution is 2.07. The van der Waals surface area contributed by atoms with Crippen molar-refractivity contribution < 1.29 is 9.63 Å². The predicted molar refractivity (Wildman–Crippen MR) is 55.1 cm³/mol. The molecule has 1 heterocycles. The largest absolute Gasteiger partial charge is 0.294 e. The van der Waals surface area contributed by atoms with Crippen LogP contribution in [0.5, 0.6) is 0 Å². The second-order valence-corrected chi connectivity index (χ2v) is 4.45. The molecular formula is C9H14N2O2S. The molecular weight excluding hydrogens is 200 g/mol. The van der Waals surface area contributed by atoms with Crippen molar-refractivity contribution in [3.63, 3.8) is 0 Å². The number of aromatic nitrogens is 1. The van der Waals surface area contributed by atoms with E-state index in [0.29, 0.717) is 18.2 Å². The van der Waals surface area contributed by atoms with E-state index in [1.54, 1.807) is 5.38 Å². The molecule has 1 aromatic heterocycles. The van der Waals surface area contributed by atoms with Crippen molar-refractivity contribution in [3.8, 4) is 0 Å². The first-order chi connectivity index (χ1) is 6.59. The van der Waals surface area contributed by atoms with Crippen LogP contribution in [0.15, 0.2) is 5.38 Å². The minimum atomic E-state index is -0.282. The number of rotatable bonds is 4. The van der Waals surface area contributed by atoms with Crippen molar-refractivity contribution in [1.82, 2.24) is 10.5 Å².